The summed E-state index contributed by atoms with van der Waals surface area (Å²) < 4.78 is 10.0. The van der Waals surface area contributed by atoms with Crippen molar-refractivity contribution in [3.63, 3.8) is 0 Å². The van der Waals surface area contributed by atoms with Crippen molar-refractivity contribution in [3.8, 4) is 0 Å². The van der Waals surface area contributed by atoms with Crippen molar-refractivity contribution >= 4 is 11.9 Å². The first-order chi connectivity index (χ1) is 8.24. The third-order valence-corrected chi connectivity index (χ3v) is 2.61. The normalized spacial score (nSPS) is 18.8. The third kappa shape index (κ3) is 3.59. The van der Waals surface area contributed by atoms with E-state index < -0.39 is 0 Å². The van der Waals surface area contributed by atoms with Gasteiger partial charge in [-0.2, -0.15) is 0 Å². The highest BCUT2D eigenvalue weighted by Gasteiger charge is 2.26. The first-order valence-electron chi connectivity index (χ1n) is 5.63. The van der Waals surface area contributed by atoms with E-state index in [0.29, 0.717) is 12.8 Å². The summed E-state index contributed by atoms with van der Waals surface area (Å²) in [6.07, 6.45) is 0.861. The molecule has 1 fully saturated rings. The van der Waals surface area contributed by atoms with E-state index >= 15 is 0 Å². The summed E-state index contributed by atoms with van der Waals surface area (Å²) in [5.74, 6) is -0.556. The van der Waals surface area contributed by atoms with Gasteiger partial charge in [0.2, 0.25) is 0 Å². The number of carbonyl (C=O) groups excluding carboxylic acids is 2. The molecule has 0 aromatic heterocycles. The fourth-order valence-electron chi connectivity index (χ4n) is 1.71. The first-order valence-corrected chi connectivity index (χ1v) is 5.63. The molecule has 0 saturated carbocycles. The van der Waals surface area contributed by atoms with Gasteiger partial charge in [0.25, 0.3) is 0 Å². The maximum Gasteiger partial charge on any atom is 0.309 e. The molecule has 1 heterocycles. The van der Waals surface area contributed by atoms with Crippen LogP contribution in [0.5, 0.6) is 0 Å². The Labute approximate surface area is 99.5 Å². The maximum absolute atomic E-state index is 11.5. The molecule has 0 spiro atoms. The predicted octanol–water partition coefficient (Wildman–Crippen LogP) is 1.83. The molecule has 1 aromatic carbocycles. The molecule has 17 heavy (non-hydrogen) atoms. The Bertz CT molecular complexity index is 399. The lowest BCUT2D eigenvalue weighted by atomic mass is 10.2. The molecule has 0 aliphatic carbocycles. The van der Waals surface area contributed by atoms with E-state index in [1.54, 1.807) is 0 Å². The van der Waals surface area contributed by atoms with Crippen molar-refractivity contribution in [2.45, 2.75) is 32.0 Å². The summed E-state index contributed by atoms with van der Waals surface area (Å²) in [7, 11) is 0. The van der Waals surface area contributed by atoms with Gasteiger partial charge < -0.3 is 9.47 Å². The number of esters is 2. The number of hydrogen-bond donors (Lipinski definition) is 0. The predicted molar refractivity (Wildman–Crippen MR) is 60.0 cm³/mol. The number of cyclic esters (lactones) is 1. The second kappa shape index (κ2) is 5.48. The second-order valence-electron chi connectivity index (χ2n) is 4.00. The summed E-state index contributed by atoms with van der Waals surface area (Å²) in [4.78, 5) is 22.3. The van der Waals surface area contributed by atoms with Crippen LogP contribution >= 0.6 is 0 Å². The Balaban J connectivity index is 1.73. The Hall–Kier alpha value is -1.84. The zero-order valence-corrected chi connectivity index (χ0v) is 9.43. The molecular weight excluding hydrogens is 220 g/mol. The van der Waals surface area contributed by atoms with E-state index in [4.69, 9.17) is 9.47 Å². The Morgan fingerprint density at radius 1 is 1.35 bits per heavy atom. The topological polar surface area (TPSA) is 52.6 Å². The number of carbonyl (C=O) groups is 2. The molecule has 0 amide bonds. The summed E-state index contributed by atoms with van der Waals surface area (Å²) >= 11 is 0. The summed E-state index contributed by atoms with van der Waals surface area (Å²) in [6, 6.07) is 9.47. The molecule has 1 aliphatic heterocycles. The molecule has 4 heteroatoms. The maximum atomic E-state index is 11.5. The molecule has 1 saturated heterocycles. The van der Waals surface area contributed by atoms with Gasteiger partial charge in [-0.15, -0.1) is 0 Å². The minimum Gasteiger partial charge on any atom is -0.462 e. The Kier molecular flexibility index (Phi) is 3.75. The van der Waals surface area contributed by atoms with Crippen molar-refractivity contribution in [3.05, 3.63) is 35.9 Å². The molecule has 1 atom stereocenters. The smallest absolute Gasteiger partial charge is 0.309 e. The minimum absolute atomic E-state index is 0.151. The van der Waals surface area contributed by atoms with Gasteiger partial charge in [0, 0.05) is 6.42 Å². The minimum atomic E-state index is -0.325. The molecule has 0 bridgehead atoms. The molecule has 0 N–H and O–H groups in total. The van der Waals surface area contributed by atoms with E-state index in [0.717, 1.165) is 5.56 Å². The van der Waals surface area contributed by atoms with E-state index in [9.17, 15) is 9.59 Å². The second-order valence-corrected chi connectivity index (χ2v) is 4.00. The van der Waals surface area contributed by atoms with Crippen LogP contribution in [0.15, 0.2) is 30.3 Å². The third-order valence-electron chi connectivity index (χ3n) is 2.61. The van der Waals surface area contributed by atoms with Crippen molar-refractivity contribution in [2.24, 2.45) is 0 Å². The Morgan fingerprint density at radius 3 is 2.76 bits per heavy atom. The van der Waals surface area contributed by atoms with Gasteiger partial charge in [-0.05, 0) is 12.0 Å². The molecule has 90 valence electrons. The van der Waals surface area contributed by atoms with Crippen LogP contribution in [-0.4, -0.2) is 18.0 Å². The van der Waals surface area contributed by atoms with Crippen LogP contribution in [-0.2, 0) is 25.7 Å². The fourth-order valence-corrected chi connectivity index (χ4v) is 1.71. The van der Waals surface area contributed by atoms with Crippen LogP contribution in [0.3, 0.4) is 0 Å². The average Bonchev–Trinajstić information content (AvgIpc) is 2.73. The number of hydrogen-bond acceptors (Lipinski definition) is 4. The lowest BCUT2D eigenvalue weighted by Gasteiger charge is -2.09. The monoisotopic (exact) mass is 234 g/mol. The molecular formula is C13H14O4. The van der Waals surface area contributed by atoms with Crippen LogP contribution in [0.4, 0.5) is 0 Å². The van der Waals surface area contributed by atoms with Crippen LogP contribution in [0.1, 0.15) is 24.8 Å². The summed E-state index contributed by atoms with van der Waals surface area (Å²) in [6.45, 7) is 0.264. The van der Waals surface area contributed by atoms with Crippen LogP contribution in [0, 0.1) is 0 Å². The van der Waals surface area contributed by atoms with Gasteiger partial charge in [-0.1, -0.05) is 30.3 Å². The van der Waals surface area contributed by atoms with Crippen LogP contribution in [0.2, 0.25) is 0 Å². The standard InChI is InChI=1S/C13H14O4/c14-12-7-6-11(17-12)8-13(15)16-9-10-4-2-1-3-5-10/h1-5,11H,6-9H2. The van der Waals surface area contributed by atoms with Crippen molar-refractivity contribution in [1.29, 1.82) is 0 Å². The number of rotatable bonds is 4. The van der Waals surface area contributed by atoms with E-state index in [-0.39, 0.29) is 31.1 Å². The van der Waals surface area contributed by atoms with E-state index in [1.807, 2.05) is 30.3 Å². The molecule has 1 aromatic rings. The molecule has 4 nitrogen and oxygen atoms in total. The lowest BCUT2D eigenvalue weighted by molar-refractivity contribution is -0.150. The fraction of sp³-hybridized carbons (Fsp3) is 0.385. The highest BCUT2D eigenvalue weighted by molar-refractivity contribution is 5.74. The number of benzene rings is 1. The quantitative estimate of drug-likeness (QED) is 0.746. The molecule has 1 aliphatic rings. The average molecular weight is 234 g/mol. The van der Waals surface area contributed by atoms with Crippen molar-refractivity contribution in [2.75, 3.05) is 0 Å². The largest absolute Gasteiger partial charge is 0.462 e. The Morgan fingerprint density at radius 2 is 2.12 bits per heavy atom. The van der Waals surface area contributed by atoms with Gasteiger partial charge in [-0.25, -0.2) is 0 Å². The lowest BCUT2D eigenvalue weighted by Crippen LogP contribution is -2.15. The SMILES string of the molecule is O=C(CC1CCC(=O)O1)OCc1ccccc1. The summed E-state index contributed by atoms with van der Waals surface area (Å²) in [5.41, 5.74) is 0.948. The van der Waals surface area contributed by atoms with Gasteiger partial charge in [0.15, 0.2) is 0 Å². The van der Waals surface area contributed by atoms with Crippen molar-refractivity contribution in [1.82, 2.24) is 0 Å². The van der Waals surface area contributed by atoms with Gasteiger partial charge in [-0.3, -0.25) is 9.59 Å². The van der Waals surface area contributed by atoms with Gasteiger partial charge in [0.1, 0.15) is 12.7 Å². The van der Waals surface area contributed by atoms with Gasteiger partial charge in [0.05, 0.1) is 6.42 Å². The molecule has 0 radical (unpaired) electrons. The highest BCUT2D eigenvalue weighted by Crippen LogP contribution is 2.17. The zero-order chi connectivity index (χ0) is 12.1. The number of ether oxygens (including phenoxy) is 2. The molecule has 2 rings (SSSR count). The first kappa shape index (κ1) is 11.6. The van der Waals surface area contributed by atoms with Crippen molar-refractivity contribution < 1.29 is 19.1 Å². The molecule has 1 unspecified atom stereocenters. The zero-order valence-electron chi connectivity index (χ0n) is 9.43. The highest BCUT2D eigenvalue weighted by atomic mass is 16.6. The van der Waals surface area contributed by atoms with Crippen LogP contribution in [0.25, 0.3) is 0 Å². The summed E-state index contributed by atoms with van der Waals surface area (Å²) in [5, 5.41) is 0. The van der Waals surface area contributed by atoms with E-state index in [2.05, 4.69) is 0 Å². The van der Waals surface area contributed by atoms with E-state index in [1.165, 1.54) is 0 Å². The van der Waals surface area contributed by atoms with Crippen LogP contribution < -0.4 is 0 Å². The van der Waals surface area contributed by atoms with Gasteiger partial charge >= 0.3 is 11.9 Å².